The number of hydrogen-bond acceptors (Lipinski definition) is 8. The quantitative estimate of drug-likeness (QED) is 0.235. The standard InChI is InChI=1S/C31H35N3O5S2/c1-37-25-9-8-23(30(20-25)38-2)21-34(31-32-14-18-40-31)41(35,36)26-10-11-27-22(19-26)5-3-6-28(27)29-7-4-15-33(29)24-12-16-39-17-13-24/h3,5-6,8-11,14,18-20,24,29H,4,7,12-13,15-17,21H2,1-2H3. The SMILES string of the molecule is COc1ccc(CN(c2nccs2)S(=O)(=O)c2ccc3c(C4CCCN4C4CCOCC4)cccc3c2)c(OC)c1. The van der Waals surface area contributed by atoms with Crippen molar-refractivity contribution in [3.05, 3.63) is 77.3 Å². The molecule has 0 bridgehead atoms. The Morgan fingerprint density at radius 1 is 1.05 bits per heavy atom. The van der Waals surface area contributed by atoms with E-state index in [-0.39, 0.29) is 11.4 Å². The van der Waals surface area contributed by atoms with E-state index in [0.29, 0.717) is 34.3 Å². The van der Waals surface area contributed by atoms with Crippen molar-refractivity contribution < 1.29 is 22.6 Å². The summed E-state index contributed by atoms with van der Waals surface area (Å²) in [5.74, 6) is 1.19. The number of likely N-dealkylation sites (tertiary alicyclic amines) is 1. The van der Waals surface area contributed by atoms with Crippen molar-refractivity contribution in [1.29, 1.82) is 0 Å². The smallest absolute Gasteiger partial charge is 0.266 e. The van der Waals surface area contributed by atoms with Gasteiger partial charge in [0.1, 0.15) is 11.5 Å². The highest BCUT2D eigenvalue weighted by Crippen LogP contribution is 2.40. The molecule has 0 spiro atoms. The van der Waals surface area contributed by atoms with Crippen LogP contribution in [0.15, 0.2) is 71.1 Å². The van der Waals surface area contributed by atoms with E-state index in [9.17, 15) is 8.42 Å². The first-order valence-corrected chi connectivity index (χ1v) is 16.3. The Balaban J connectivity index is 1.35. The van der Waals surface area contributed by atoms with Crippen molar-refractivity contribution in [1.82, 2.24) is 9.88 Å². The summed E-state index contributed by atoms with van der Waals surface area (Å²) in [5, 5.41) is 4.20. The van der Waals surface area contributed by atoms with Crippen molar-refractivity contribution in [2.45, 2.75) is 49.2 Å². The van der Waals surface area contributed by atoms with Gasteiger partial charge in [-0.3, -0.25) is 4.90 Å². The van der Waals surface area contributed by atoms with Gasteiger partial charge in [0.05, 0.1) is 25.7 Å². The highest BCUT2D eigenvalue weighted by atomic mass is 32.2. The van der Waals surface area contributed by atoms with Crippen molar-refractivity contribution >= 4 is 37.3 Å². The minimum atomic E-state index is -3.94. The molecule has 3 heterocycles. The molecule has 1 atom stereocenters. The molecule has 4 aromatic rings. The summed E-state index contributed by atoms with van der Waals surface area (Å²) in [4.78, 5) is 7.24. The molecule has 1 unspecified atom stereocenters. The van der Waals surface area contributed by atoms with Gasteiger partial charge in [-0.2, -0.15) is 0 Å². The summed E-state index contributed by atoms with van der Waals surface area (Å²) in [7, 11) is -0.795. The Morgan fingerprint density at radius 3 is 2.66 bits per heavy atom. The molecule has 3 aromatic carbocycles. The van der Waals surface area contributed by atoms with E-state index < -0.39 is 10.0 Å². The molecular weight excluding hydrogens is 558 g/mol. The molecular formula is C31H35N3O5S2. The van der Waals surface area contributed by atoms with Crippen LogP contribution in [0.3, 0.4) is 0 Å². The number of benzene rings is 3. The first-order chi connectivity index (χ1) is 20.0. The van der Waals surface area contributed by atoms with Crippen LogP contribution in [0.4, 0.5) is 5.13 Å². The largest absolute Gasteiger partial charge is 0.497 e. The lowest BCUT2D eigenvalue weighted by Gasteiger charge is -2.36. The number of fused-ring (bicyclic) bond motifs is 1. The van der Waals surface area contributed by atoms with Crippen molar-refractivity contribution in [2.24, 2.45) is 0 Å². The van der Waals surface area contributed by atoms with Crippen LogP contribution >= 0.6 is 11.3 Å². The van der Waals surface area contributed by atoms with Gasteiger partial charge in [0, 0.05) is 48.5 Å². The number of aromatic nitrogens is 1. The van der Waals surface area contributed by atoms with E-state index in [4.69, 9.17) is 14.2 Å². The summed E-state index contributed by atoms with van der Waals surface area (Å²) in [6, 6.07) is 18.0. The lowest BCUT2D eigenvalue weighted by molar-refractivity contribution is 0.0293. The predicted octanol–water partition coefficient (Wildman–Crippen LogP) is 6.02. The predicted molar refractivity (Wildman–Crippen MR) is 161 cm³/mol. The average Bonchev–Trinajstić information content (AvgIpc) is 3.73. The van der Waals surface area contributed by atoms with E-state index >= 15 is 0 Å². The number of thiazole rings is 1. The van der Waals surface area contributed by atoms with Gasteiger partial charge in [-0.25, -0.2) is 17.7 Å². The highest BCUT2D eigenvalue weighted by Gasteiger charge is 2.34. The molecule has 10 heteroatoms. The Labute approximate surface area is 245 Å². The fourth-order valence-electron chi connectivity index (χ4n) is 6.17. The molecule has 8 nitrogen and oxygen atoms in total. The number of sulfonamides is 1. The molecule has 0 aliphatic carbocycles. The fraction of sp³-hybridized carbons (Fsp3) is 0.387. The first kappa shape index (κ1) is 28.0. The fourth-order valence-corrected chi connectivity index (χ4v) is 8.48. The topological polar surface area (TPSA) is 81.2 Å². The van der Waals surface area contributed by atoms with Crippen LogP contribution in [0, 0.1) is 0 Å². The summed E-state index contributed by atoms with van der Waals surface area (Å²) >= 11 is 1.29. The first-order valence-electron chi connectivity index (χ1n) is 14.0. The van der Waals surface area contributed by atoms with Gasteiger partial charge in [-0.15, -0.1) is 11.3 Å². The van der Waals surface area contributed by atoms with Gasteiger partial charge in [0.2, 0.25) is 0 Å². The number of rotatable bonds is 9. The van der Waals surface area contributed by atoms with E-state index in [0.717, 1.165) is 49.8 Å². The van der Waals surface area contributed by atoms with E-state index in [1.165, 1.54) is 27.6 Å². The number of ether oxygens (including phenoxy) is 3. The zero-order valence-electron chi connectivity index (χ0n) is 23.4. The second kappa shape index (κ2) is 12.0. The number of anilines is 1. The van der Waals surface area contributed by atoms with E-state index in [2.05, 4.69) is 22.0 Å². The van der Waals surface area contributed by atoms with Crippen LogP contribution in [-0.2, 0) is 21.3 Å². The summed E-state index contributed by atoms with van der Waals surface area (Å²) in [6.07, 6.45) is 6.03. The Morgan fingerprint density at radius 2 is 1.90 bits per heavy atom. The molecule has 1 aromatic heterocycles. The molecule has 2 aliphatic heterocycles. The average molecular weight is 594 g/mol. The minimum Gasteiger partial charge on any atom is -0.497 e. The van der Waals surface area contributed by atoms with Gasteiger partial charge in [-0.05, 0) is 72.8 Å². The number of nitrogens with zero attached hydrogens (tertiary/aromatic N) is 3. The maximum absolute atomic E-state index is 14.2. The molecule has 2 aliphatic rings. The molecule has 0 N–H and O–H groups in total. The lowest BCUT2D eigenvalue weighted by Crippen LogP contribution is -2.39. The maximum atomic E-state index is 14.2. The Hall–Kier alpha value is -3.18. The molecule has 0 amide bonds. The third kappa shape index (κ3) is 5.53. The molecule has 2 saturated heterocycles. The van der Waals surface area contributed by atoms with Crippen LogP contribution in [-0.4, -0.2) is 58.3 Å². The molecule has 6 rings (SSSR count). The Bertz CT molecular complexity index is 1600. The van der Waals surface area contributed by atoms with Crippen LogP contribution in [0.1, 0.15) is 42.9 Å². The van der Waals surface area contributed by atoms with Gasteiger partial charge in [0.15, 0.2) is 5.13 Å². The van der Waals surface area contributed by atoms with Crippen LogP contribution in [0.2, 0.25) is 0 Å². The third-order valence-corrected chi connectivity index (χ3v) is 10.9. The highest BCUT2D eigenvalue weighted by molar-refractivity contribution is 7.93. The molecule has 216 valence electrons. The minimum absolute atomic E-state index is 0.0726. The molecule has 0 saturated carbocycles. The second-order valence-electron chi connectivity index (χ2n) is 10.5. The molecule has 41 heavy (non-hydrogen) atoms. The normalized spacial score (nSPS) is 18.5. The van der Waals surface area contributed by atoms with Crippen molar-refractivity contribution in [3.63, 3.8) is 0 Å². The maximum Gasteiger partial charge on any atom is 0.266 e. The van der Waals surface area contributed by atoms with Gasteiger partial charge in [0.25, 0.3) is 10.0 Å². The summed E-state index contributed by atoms with van der Waals surface area (Å²) in [6.45, 7) is 2.81. The molecule has 0 radical (unpaired) electrons. The number of hydrogen-bond donors (Lipinski definition) is 0. The van der Waals surface area contributed by atoms with Crippen LogP contribution in [0.5, 0.6) is 11.5 Å². The number of methoxy groups -OCH3 is 2. The Kier molecular flexibility index (Phi) is 8.16. The van der Waals surface area contributed by atoms with Crippen molar-refractivity contribution in [3.8, 4) is 11.5 Å². The van der Waals surface area contributed by atoms with Gasteiger partial charge < -0.3 is 14.2 Å². The van der Waals surface area contributed by atoms with Crippen molar-refractivity contribution in [2.75, 3.05) is 38.3 Å². The summed E-state index contributed by atoms with van der Waals surface area (Å²) < 4.78 is 46.3. The van der Waals surface area contributed by atoms with E-state index in [1.807, 2.05) is 18.2 Å². The van der Waals surface area contributed by atoms with Crippen LogP contribution < -0.4 is 13.8 Å². The zero-order chi connectivity index (χ0) is 28.4. The summed E-state index contributed by atoms with van der Waals surface area (Å²) in [5.41, 5.74) is 1.99. The van der Waals surface area contributed by atoms with Crippen LogP contribution in [0.25, 0.3) is 10.8 Å². The lowest BCUT2D eigenvalue weighted by atomic mass is 9.95. The third-order valence-electron chi connectivity index (χ3n) is 8.23. The van der Waals surface area contributed by atoms with E-state index in [1.54, 1.807) is 50.1 Å². The second-order valence-corrected chi connectivity index (χ2v) is 13.2. The van der Waals surface area contributed by atoms with Gasteiger partial charge in [-0.1, -0.05) is 24.3 Å². The molecule has 2 fully saturated rings. The van der Waals surface area contributed by atoms with Gasteiger partial charge >= 0.3 is 0 Å². The zero-order valence-corrected chi connectivity index (χ0v) is 25.0. The monoisotopic (exact) mass is 593 g/mol.